The van der Waals surface area contributed by atoms with Crippen LogP contribution in [0.1, 0.15) is 6.92 Å². The third kappa shape index (κ3) is 6.46. The lowest BCUT2D eigenvalue weighted by molar-refractivity contribution is 0.273. The van der Waals surface area contributed by atoms with E-state index in [1.165, 1.54) is 0 Å². The van der Waals surface area contributed by atoms with Gasteiger partial charge >= 0.3 is 0 Å². The fourth-order valence-corrected chi connectivity index (χ4v) is 1.82. The number of nitrogens with one attached hydrogen (secondary N) is 2. The van der Waals surface area contributed by atoms with Crippen LogP contribution in [0.15, 0.2) is 66.9 Å². The quantitative estimate of drug-likeness (QED) is 0.560. The molecule has 0 radical (unpaired) electrons. The van der Waals surface area contributed by atoms with E-state index in [2.05, 4.69) is 20.6 Å². The Labute approximate surface area is 151 Å². The van der Waals surface area contributed by atoms with Crippen molar-refractivity contribution in [3.63, 3.8) is 0 Å². The largest absolute Gasteiger partial charge is 0.395 e. The van der Waals surface area contributed by atoms with E-state index in [-0.39, 0.29) is 18.5 Å². The van der Waals surface area contributed by atoms with Gasteiger partial charge in [-0.2, -0.15) is 4.98 Å². The highest BCUT2D eigenvalue weighted by molar-refractivity contribution is 5.59. The highest BCUT2D eigenvalue weighted by atomic mass is 19.1. The van der Waals surface area contributed by atoms with Gasteiger partial charge in [-0.15, -0.1) is 0 Å². The molecule has 26 heavy (non-hydrogen) atoms. The molecule has 0 amide bonds. The summed E-state index contributed by atoms with van der Waals surface area (Å²) in [6.07, 6.45) is 1.14. The van der Waals surface area contributed by atoms with Crippen molar-refractivity contribution < 1.29 is 9.50 Å². The zero-order valence-corrected chi connectivity index (χ0v) is 14.4. The van der Waals surface area contributed by atoms with E-state index in [0.717, 1.165) is 17.6 Å². The SMILES string of the molecule is CC(N)CO.Fc1cnc(Nc2ccccc2)nc1Nc1ccccc1. The fourth-order valence-electron chi connectivity index (χ4n) is 1.82. The number of para-hydroxylation sites is 2. The van der Waals surface area contributed by atoms with Gasteiger partial charge in [0.2, 0.25) is 5.95 Å². The van der Waals surface area contributed by atoms with Crippen LogP contribution >= 0.6 is 0 Å². The second-order valence-electron chi connectivity index (χ2n) is 5.53. The molecular weight excluding hydrogens is 333 g/mol. The molecular formula is C19H22FN5O. The van der Waals surface area contributed by atoms with Crippen molar-refractivity contribution in [3.05, 3.63) is 72.7 Å². The van der Waals surface area contributed by atoms with Crippen molar-refractivity contribution in [1.82, 2.24) is 9.97 Å². The van der Waals surface area contributed by atoms with Gasteiger partial charge in [0.25, 0.3) is 0 Å². The third-order valence-electron chi connectivity index (χ3n) is 3.10. The molecule has 1 atom stereocenters. The van der Waals surface area contributed by atoms with Gasteiger partial charge in [0.1, 0.15) is 0 Å². The average Bonchev–Trinajstić information content (AvgIpc) is 2.66. The highest BCUT2D eigenvalue weighted by Gasteiger charge is 2.07. The normalized spacial score (nSPS) is 11.1. The van der Waals surface area contributed by atoms with E-state index in [9.17, 15) is 4.39 Å². The van der Waals surface area contributed by atoms with E-state index in [0.29, 0.717) is 5.95 Å². The molecule has 0 aliphatic heterocycles. The predicted molar refractivity (Wildman–Crippen MR) is 102 cm³/mol. The number of hydrogen-bond donors (Lipinski definition) is 4. The molecule has 0 saturated heterocycles. The van der Waals surface area contributed by atoms with Gasteiger partial charge in [-0.25, -0.2) is 9.37 Å². The van der Waals surface area contributed by atoms with E-state index in [4.69, 9.17) is 10.8 Å². The van der Waals surface area contributed by atoms with Gasteiger partial charge in [-0.3, -0.25) is 0 Å². The van der Waals surface area contributed by atoms with Crippen LogP contribution in [0.5, 0.6) is 0 Å². The zero-order valence-electron chi connectivity index (χ0n) is 14.4. The Bertz CT molecular complexity index is 784. The Morgan fingerprint density at radius 2 is 1.50 bits per heavy atom. The summed E-state index contributed by atoms with van der Waals surface area (Å²) in [4.78, 5) is 8.09. The summed E-state index contributed by atoms with van der Waals surface area (Å²) in [6, 6.07) is 18.7. The summed E-state index contributed by atoms with van der Waals surface area (Å²) in [6.45, 7) is 1.83. The number of anilines is 4. The van der Waals surface area contributed by atoms with Crippen LogP contribution < -0.4 is 16.4 Å². The summed E-state index contributed by atoms with van der Waals surface area (Å²) in [5, 5.41) is 14.0. The third-order valence-corrected chi connectivity index (χ3v) is 3.10. The van der Waals surface area contributed by atoms with Gasteiger partial charge in [0.15, 0.2) is 11.6 Å². The number of benzene rings is 2. The molecule has 6 nitrogen and oxygen atoms in total. The molecule has 1 heterocycles. The molecule has 1 unspecified atom stereocenters. The number of aromatic nitrogens is 2. The van der Waals surface area contributed by atoms with Gasteiger partial charge in [0.05, 0.1) is 12.8 Å². The van der Waals surface area contributed by atoms with Crippen LogP contribution in [-0.2, 0) is 0 Å². The Kier molecular flexibility index (Phi) is 7.48. The number of rotatable bonds is 5. The number of aliphatic hydroxyl groups excluding tert-OH is 1. The fraction of sp³-hybridized carbons (Fsp3) is 0.158. The summed E-state index contributed by atoms with van der Waals surface area (Å²) in [5.74, 6) is -0.0341. The lowest BCUT2D eigenvalue weighted by atomic mass is 10.3. The molecule has 0 aliphatic rings. The maximum Gasteiger partial charge on any atom is 0.229 e. The molecule has 3 aromatic rings. The zero-order chi connectivity index (χ0) is 18.8. The maximum atomic E-state index is 13.8. The lowest BCUT2D eigenvalue weighted by Gasteiger charge is -2.09. The topological polar surface area (TPSA) is 96.1 Å². The number of hydrogen-bond acceptors (Lipinski definition) is 6. The first-order valence-electron chi connectivity index (χ1n) is 8.11. The Morgan fingerprint density at radius 1 is 1.00 bits per heavy atom. The van der Waals surface area contributed by atoms with Crippen molar-refractivity contribution in [3.8, 4) is 0 Å². The number of nitrogens with two attached hydrogens (primary N) is 1. The molecule has 0 fully saturated rings. The van der Waals surface area contributed by atoms with E-state index in [1.807, 2.05) is 60.7 Å². The van der Waals surface area contributed by atoms with Crippen molar-refractivity contribution >= 4 is 23.1 Å². The molecule has 0 spiro atoms. The van der Waals surface area contributed by atoms with Crippen molar-refractivity contribution in [2.75, 3.05) is 17.2 Å². The average molecular weight is 355 g/mol. The molecule has 136 valence electrons. The predicted octanol–water partition coefficient (Wildman–Crippen LogP) is 3.43. The second-order valence-corrected chi connectivity index (χ2v) is 5.53. The number of aliphatic hydroxyl groups is 1. The van der Waals surface area contributed by atoms with E-state index >= 15 is 0 Å². The minimum absolute atomic E-state index is 0.0602. The Hall–Kier alpha value is -3.03. The first kappa shape index (κ1) is 19.3. The Balaban J connectivity index is 0.000000431. The standard InChI is InChI=1S/C16H13FN4.C3H9NO/c17-14-11-18-16(20-13-9-5-2-6-10-13)21-15(14)19-12-7-3-1-4-8-12;1-3(4)2-5/h1-11H,(H2,18,19,20,21);3,5H,2,4H2,1H3. The van der Waals surface area contributed by atoms with Crippen molar-refractivity contribution in [2.45, 2.75) is 13.0 Å². The van der Waals surface area contributed by atoms with Crippen LogP contribution in [0.4, 0.5) is 27.5 Å². The van der Waals surface area contributed by atoms with E-state index in [1.54, 1.807) is 6.92 Å². The first-order valence-corrected chi connectivity index (χ1v) is 8.11. The van der Waals surface area contributed by atoms with Crippen LogP contribution in [0.3, 0.4) is 0 Å². The maximum absolute atomic E-state index is 13.8. The van der Waals surface area contributed by atoms with Crippen LogP contribution in [-0.4, -0.2) is 27.7 Å². The second kappa shape index (κ2) is 10.1. The van der Waals surface area contributed by atoms with Gasteiger partial charge in [-0.1, -0.05) is 36.4 Å². The van der Waals surface area contributed by atoms with Gasteiger partial charge < -0.3 is 21.5 Å². The monoisotopic (exact) mass is 355 g/mol. The molecule has 0 saturated carbocycles. The van der Waals surface area contributed by atoms with Crippen LogP contribution in [0, 0.1) is 5.82 Å². The van der Waals surface area contributed by atoms with Crippen molar-refractivity contribution in [1.29, 1.82) is 0 Å². The lowest BCUT2D eigenvalue weighted by Crippen LogP contribution is -2.18. The van der Waals surface area contributed by atoms with E-state index < -0.39 is 5.82 Å². The van der Waals surface area contributed by atoms with Crippen molar-refractivity contribution in [2.24, 2.45) is 5.73 Å². The number of halogens is 1. The molecule has 2 aromatic carbocycles. The summed E-state index contributed by atoms with van der Waals surface area (Å²) < 4.78 is 13.8. The smallest absolute Gasteiger partial charge is 0.229 e. The van der Waals surface area contributed by atoms with Gasteiger partial charge in [0, 0.05) is 17.4 Å². The molecule has 5 N–H and O–H groups in total. The Morgan fingerprint density at radius 3 is 2.00 bits per heavy atom. The summed E-state index contributed by atoms with van der Waals surface area (Å²) in [5.41, 5.74) is 6.65. The van der Waals surface area contributed by atoms with Crippen LogP contribution in [0.2, 0.25) is 0 Å². The molecule has 0 aliphatic carbocycles. The molecule has 0 bridgehead atoms. The molecule has 7 heteroatoms. The summed E-state index contributed by atoms with van der Waals surface area (Å²) >= 11 is 0. The number of nitrogens with zero attached hydrogens (tertiary/aromatic N) is 2. The first-order chi connectivity index (χ1) is 12.6. The minimum Gasteiger partial charge on any atom is -0.395 e. The molecule has 1 aromatic heterocycles. The van der Waals surface area contributed by atoms with Crippen LogP contribution in [0.25, 0.3) is 0 Å². The van der Waals surface area contributed by atoms with Gasteiger partial charge in [-0.05, 0) is 31.2 Å². The summed E-state index contributed by atoms with van der Waals surface area (Å²) in [7, 11) is 0. The highest BCUT2D eigenvalue weighted by Crippen LogP contribution is 2.19. The minimum atomic E-state index is -0.502. The molecule has 3 rings (SSSR count).